The van der Waals surface area contributed by atoms with Crippen LogP contribution in [0.3, 0.4) is 0 Å². The fourth-order valence-corrected chi connectivity index (χ4v) is 5.86. The number of sulfone groups is 1. The van der Waals surface area contributed by atoms with Crippen LogP contribution in [0.2, 0.25) is 0 Å². The molecule has 1 amide bonds. The summed E-state index contributed by atoms with van der Waals surface area (Å²) in [6.07, 6.45) is 5.66. The number of fused-ring (bicyclic) bond motifs is 3. The first-order chi connectivity index (χ1) is 12.8. The minimum absolute atomic E-state index is 0. The van der Waals surface area contributed by atoms with Crippen molar-refractivity contribution in [2.24, 2.45) is 11.7 Å². The highest BCUT2D eigenvalue weighted by Crippen LogP contribution is 2.41. The Labute approximate surface area is 170 Å². The molecule has 0 spiro atoms. The van der Waals surface area contributed by atoms with Crippen LogP contribution in [0.25, 0.3) is 11.0 Å². The summed E-state index contributed by atoms with van der Waals surface area (Å²) < 4.78 is 31.6. The number of primary amides is 1. The summed E-state index contributed by atoms with van der Waals surface area (Å²) in [5.74, 6) is -0.300. The molecule has 4 rings (SSSR count). The Morgan fingerprint density at radius 1 is 1.36 bits per heavy atom. The van der Waals surface area contributed by atoms with E-state index in [0.717, 1.165) is 29.7 Å². The van der Waals surface area contributed by atoms with Crippen LogP contribution in [0.5, 0.6) is 0 Å². The summed E-state index contributed by atoms with van der Waals surface area (Å²) in [7, 11) is -3.78. The van der Waals surface area contributed by atoms with Gasteiger partial charge in [0.15, 0.2) is 9.84 Å². The first-order valence-corrected chi connectivity index (χ1v) is 10.4. The number of benzene rings is 1. The van der Waals surface area contributed by atoms with Crippen LogP contribution >= 0.6 is 12.4 Å². The van der Waals surface area contributed by atoms with E-state index in [0.29, 0.717) is 17.7 Å². The van der Waals surface area contributed by atoms with Gasteiger partial charge in [0.05, 0.1) is 16.2 Å². The normalized spacial score (nSPS) is 24.4. The number of hydrogen-bond donors (Lipinski definition) is 2. The standard InChI is InChI=1S/C20H22N2O4S.ClH/c1-12-14(19(21)23)4-3-8-20(12,2)27(24,25)13-5-6-15-16-7-9-22-11-18(16)26-17(15)10-13;/h3-6,8,10,12,22H,7,9,11H2,1-2H3,(H2,21,23);1H. The zero-order valence-corrected chi connectivity index (χ0v) is 17.3. The van der Waals surface area contributed by atoms with Gasteiger partial charge in [-0.05, 0) is 32.0 Å². The maximum atomic E-state index is 13.5. The van der Waals surface area contributed by atoms with Gasteiger partial charge >= 0.3 is 0 Å². The molecule has 3 N–H and O–H groups in total. The lowest BCUT2D eigenvalue weighted by Crippen LogP contribution is -2.44. The number of nitrogens with one attached hydrogen (secondary N) is 1. The number of rotatable bonds is 3. The maximum absolute atomic E-state index is 13.5. The predicted octanol–water partition coefficient (Wildman–Crippen LogP) is 2.65. The Morgan fingerprint density at radius 2 is 2.11 bits per heavy atom. The van der Waals surface area contributed by atoms with Crippen molar-refractivity contribution in [3.63, 3.8) is 0 Å². The first-order valence-electron chi connectivity index (χ1n) is 8.94. The third kappa shape index (κ3) is 2.89. The van der Waals surface area contributed by atoms with Gasteiger partial charge < -0.3 is 15.5 Å². The third-order valence-corrected chi connectivity index (χ3v) is 8.41. The molecular weight excluding hydrogens is 400 g/mol. The average Bonchev–Trinajstić information content (AvgIpc) is 3.01. The minimum atomic E-state index is -3.78. The van der Waals surface area contributed by atoms with Crippen molar-refractivity contribution < 1.29 is 17.6 Å². The molecule has 28 heavy (non-hydrogen) atoms. The Kier molecular flexibility index (Phi) is 5.20. The Balaban J connectivity index is 0.00000225. The Morgan fingerprint density at radius 3 is 2.82 bits per heavy atom. The summed E-state index contributed by atoms with van der Waals surface area (Å²) >= 11 is 0. The molecule has 6 nitrogen and oxygen atoms in total. The molecule has 2 unspecified atom stereocenters. The van der Waals surface area contributed by atoms with E-state index in [2.05, 4.69) is 5.32 Å². The van der Waals surface area contributed by atoms with Crippen molar-refractivity contribution in [2.75, 3.05) is 6.54 Å². The van der Waals surface area contributed by atoms with Crippen LogP contribution < -0.4 is 11.1 Å². The topological polar surface area (TPSA) is 102 Å². The molecule has 2 atom stereocenters. The second kappa shape index (κ2) is 7.06. The van der Waals surface area contributed by atoms with Crippen molar-refractivity contribution in [3.8, 4) is 0 Å². The van der Waals surface area contributed by atoms with Crippen LogP contribution in [0.15, 0.2) is 51.3 Å². The minimum Gasteiger partial charge on any atom is -0.459 e. The van der Waals surface area contributed by atoms with Gasteiger partial charge in [-0.1, -0.05) is 25.2 Å². The van der Waals surface area contributed by atoms with Crippen LogP contribution in [0, 0.1) is 5.92 Å². The van der Waals surface area contributed by atoms with E-state index in [1.807, 2.05) is 6.07 Å². The van der Waals surface area contributed by atoms with Crippen molar-refractivity contribution in [3.05, 3.63) is 53.3 Å². The van der Waals surface area contributed by atoms with E-state index >= 15 is 0 Å². The van der Waals surface area contributed by atoms with Gasteiger partial charge in [0, 0.05) is 28.5 Å². The summed E-state index contributed by atoms with van der Waals surface area (Å²) in [4.78, 5) is 11.9. The van der Waals surface area contributed by atoms with Gasteiger partial charge in [0.25, 0.3) is 0 Å². The van der Waals surface area contributed by atoms with E-state index in [1.54, 1.807) is 44.2 Å². The highest BCUT2D eigenvalue weighted by molar-refractivity contribution is 7.93. The van der Waals surface area contributed by atoms with Crippen LogP contribution in [0.4, 0.5) is 0 Å². The molecule has 0 bridgehead atoms. The highest BCUT2D eigenvalue weighted by Gasteiger charge is 2.46. The molecule has 2 heterocycles. The van der Waals surface area contributed by atoms with Crippen molar-refractivity contribution in [1.29, 1.82) is 0 Å². The molecule has 0 saturated heterocycles. The van der Waals surface area contributed by atoms with Gasteiger partial charge in [0.2, 0.25) is 5.91 Å². The van der Waals surface area contributed by atoms with Crippen LogP contribution in [0.1, 0.15) is 25.2 Å². The molecule has 0 saturated carbocycles. The zero-order chi connectivity index (χ0) is 19.4. The predicted molar refractivity (Wildman–Crippen MR) is 110 cm³/mol. The van der Waals surface area contributed by atoms with E-state index in [1.165, 1.54) is 0 Å². The lowest BCUT2D eigenvalue weighted by Gasteiger charge is -2.35. The van der Waals surface area contributed by atoms with E-state index < -0.39 is 26.4 Å². The second-order valence-corrected chi connectivity index (χ2v) is 9.70. The second-order valence-electron chi connectivity index (χ2n) is 7.34. The number of hydrogen-bond acceptors (Lipinski definition) is 5. The Bertz CT molecular complexity index is 1120. The van der Waals surface area contributed by atoms with Crippen LogP contribution in [-0.4, -0.2) is 25.6 Å². The lowest BCUT2D eigenvalue weighted by atomic mass is 9.83. The zero-order valence-electron chi connectivity index (χ0n) is 15.7. The van der Waals surface area contributed by atoms with Crippen molar-refractivity contribution in [1.82, 2.24) is 5.32 Å². The molecule has 150 valence electrons. The van der Waals surface area contributed by atoms with Crippen molar-refractivity contribution >= 4 is 39.1 Å². The molecule has 0 fully saturated rings. The van der Waals surface area contributed by atoms with Crippen LogP contribution in [-0.2, 0) is 27.6 Å². The number of amides is 1. The number of carbonyl (C=O) groups excluding carboxylic acids is 1. The number of nitrogens with two attached hydrogens (primary N) is 1. The fourth-order valence-electron chi connectivity index (χ4n) is 3.99. The lowest BCUT2D eigenvalue weighted by molar-refractivity contribution is -0.115. The van der Waals surface area contributed by atoms with Gasteiger partial charge in [-0.25, -0.2) is 8.42 Å². The molecule has 2 aromatic rings. The molecule has 8 heteroatoms. The smallest absolute Gasteiger partial charge is 0.244 e. The largest absolute Gasteiger partial charge is 0.459 e. The molecule has 1 aliphatic carbocycles. The molecule has 0 radical (unpaired) electrons. The van der Waals surface area contributed by atoms with Gasteiger partial charge in [-0.15, -0.1) is 12.4 Å². The SMILES string of the molecule is CC1C(C(N)=O)=CC=CC1(C)S(=O)(=O)c1ccc2c3c(oc2c1)CNCC3.Cl. The maximum Gasteiger partial charge on any atom is 0.244 e. The summed E-state index contributed by atoms with van der Waals surface area (Å²) in [6.45, 7) is 4.87. The molecule has 1 aliphatic heterocycles. The molecule has 2 aliphatic rings. The van der Waals surface area contributed by atoms with Crippen molar-refractivity contribution in [2.45, 2.75) is 36.5 Å². The fraction of sp³-hybridized carbons (Fsp3) is 0.350. The molecule has 1 aromatic heterocycles. The number of halogens is 1. The van der Waals surface area contributed by atoms with E-state index in [9.17, 15) is 13.2 Å². The quantitative estimate of drug-likeness (QED) is 0.791. The first kappa shape index (κ1) is 20.6. The van der Waals surface area contributed by atoms with Gasteiger partial charge in [-0.3, -0.25) is 4.79 Å². The number of furan rings is 1. The van der Waals surface area contributed by atoms with Gasteiger partial charge in [-0.2, -0.15) is 0 Å². The monoisotopic (exact) mass is 422 g/mol. The molecular formula is C20H23ClN2O4S. The Hall–Kier alpha value is -2.09. The molecule has 1 aromatic carbocycles. The number of allylic oxidation sites excluding steroid dienone is 2. The summed E-state index contributed by atoms with van der Waals surface area (Å²) in [6, 6.07) is 5.04. The highest BCUT2D eigenvalue weighted by atomic mass is 35.5. The van der Waals surface area contributed by atoms with E-state index in [-0.39, 0.29) is 17.3 Å². The van der Waals surface area contributed by atoms with Gasteiger partial charge in [0.1, 0.15) is 11.3 Å². The third-order valence-electron chi connectivity index (χ3n) is 5.89. The summed E-state index contributed by atoms with van der Waals surface area (Å²) in [5, 5.41) is 4.21. The summed E-state index contributed by atoms with van der Waals surface area (Å²) in [5.41, 5.74) is 7.46. The van der Waals surface area contributed by atoms with E-state index in [4.69, 9.17) is 10.2 Å². The number of carbonyl (C=O) groups is 1. The average molecular weight is 423 g/mol.